The molecular formula is C26H37N7O3. The van der Waals surface area contributed by atoms with E-state index >= 15 is 0 Å². The van der Waals surface area contributed by atoms with Crippen LogP contribution in [0.15, 0.2) is 30.3 Å². The minimum absolute atomic E-state index is 0.171. The number of nitrogens with zero attached hydrogens (tertiary/aromatic N) is 5. The molecule has 194 valence electrons. The summed E-state index contributed by atoms with van der Waals surface area (Å²) < 4.78 is 5.27. The van der Waals surface area contributed by atoms with E-state index in [-0.39, 0.29) is 18.5 Å². The van der Waals surface area contributed by atoms with E-state index in [0.717, 1.165) is 52.2 Å². The van der Waals surface area contributed by atoms with Gasteiger partial charge in [-0.2, -0.15) is 4.98 Å². The average molecular weight is 496 g/mol. The standard InChI is InChI=1S/C26H37N7O3/c1-2-31-9-11-33(12-10-31)26-29-23(13-24(30-26)28-21-17-36-18-21)25(35)27-14-22(34)16-32-8-7-19-5-3-4-6-20(19)15-32/h3-6,13,21-22,34H,2,7-12,14-18H2,1H3,(H,27,35)(H,28,29,30)/t22-/m0/s1. The molecular weight excluding hydrogens is 458 g/mol. The molecule has 0 bridgehead atoms. The van der Waals surface area contributed by atoms with Gasteiger partial charge in [0, 0.05) is 58.4 Å². The van der Waals surface area contributed by atoms with Crippen LogP contribution < -0.4 is 15.5 Å². The second-order valence-electron chi connectivity index (χ2n) is 9.86. The van der Waals surface area contributed by atoms with Crippen molar-refractivity contribution in [3.63, 3.8) is 0 Å². The highest BCUT2D eigenvalue weighted by Crippen LogP contribution is 2.20. The number of fused-ring (bicyclic) bond motifs is 1. The molecule has 2 saturated heterocycles. The molecule has 1 aromatic heterocycles. The Kier molecular flexibility index (Phi) is 7.96. The number of anilines is 2. The number of aromatic nitrogens is 2. The maximum Gasteiger partial charge on any atom is 0.270 e. The number of benzene rings is 1. The summed E-state index contributed by atoms with van der Waals surface area (Å²) in [5.74, 6) is 0.888. The number of aliphatic hydroxyl groups is 1. The summed E-state index contributed by atoms with van der Waals surface area (Å²) in [5.41, 5.74) is 3.00. The van der Waals surface area contributed by atoms with Crippen LogP contribution in [0.1, 0.15) is 28.5 Å². The quantitative estimate of drug-likeness (QED) is 0.461. The van der Waals surface area contributed by atoms with Gasteiger partial charge < -0.3 is 30.3 Å². The van der Waals surface area contributed by atoms with Crippen molar-refractivity contribution < 1.29 is 14.6 Å². The first-order chi connectivity index (χ1) is 17.6. The first-order valence-electron chi connectivity index (χ1n) is 13.0. The minimum Gasteiger partial charge on any atom is -0.390 e. The van der Waals surface area contributed by atoms with Crippen LogP contribution in [0.3, 0.4) is 0 Å². The molecule has 3 aliphatic rings. The van der Waals surface area contributed by atoms with E-state index in [0.29, 0.717) is 37.2 Å². The summed E-state index contributed by atoms with van der Waals surface area (Å²) in [6.07, 6.45) is 0.320. The fraction of sp³-hybridized carbons (Fsp3) is 0.577. The van der Waals surface area contributed by atoms with Crippen molar-refractivity contribution >= 4 is 17.7 Å². The van der Waals surface area contributed by atoms with E-state index in [9.17, 15) is 9.90 Å². The zero-order chi connectivity index (χ0) is 24.9. The fourth-order valence-electron chi connectivity index (χ4n) is 4.93. The lowest BCUT2D eigenvalue weighted by Gasteiger charge is -2.34. The van der Waals surface area contributed by atoms with Crippen LogP contribution in [0, 0.1) is 0 Å². The smallest absolute Gasteiger partial charge is 0.270 e. The molecule has 0 radical (unpaired) electrons. The number of aliphatic hydroxyl groups excluding tert-OH is 1. The van der Waals surface area contributed by atoms with E-state index in [1.807, 2.05) is 0 Å². The maximum atomic E-state index is 13.1. The Morgan fingerprint density at radius 3 is 2.61 bits per heavy atom. The lowest BCUT2D eigenvalue weighted by molar-refractivity contribution is 0.0209. The van der Waals surface area contributed by atoms with Crippen molar-refractivity contribution in [1.29, 1.82) is 0 Å². The molecule has 5 rings (SSSR count). The number of carbonyl (C=O) groups excluding carboxylic acids is 1. The van der Waals surface area contributed by atoms with Gasteiger partial charge in [0.05, 0.1) is 25.4 Å². The first kappa shape index (κ1) is 24.9. The molecule has 3 N–H and O–H groups in total. The van der Waals surface area contributed by atoms with Crippen LogP contribution in [0.5, 0.6) is 0 Å². The van der Waals surface area contributed by atoms with Crippen molar-refractivity contribution in [3.8, 4) is 0 Å². The van der Waals surface area contributed by atoms with Gasteiger partial charge in [-0.25, -0.2) is 4.98 Å². The Morgan fingerprint density at radius 1 is 1.11 bits per heavy atom. The monoisotopic (exact) mass is 495 g/mol. The lowest BCUT2D eigenvalue weighted by Crippen LogP contribution is -2.47. The number of rotatable bonds is 9. The van der Waals surface area contributed by atoms with Crippen LogP contribution in [0.4, 0.5) is 11.8 Å². The predicted octanol–water partition coefficient (Wildman–Crippen LogP) is 0.578. The Hall–Kier alpha value is -2.79. The molecule has 36 heavy (non-hydrogen) atoms. The summed E-state index contributed by atoms with van der Waals surface area (Å²) >= 11 is 0. The second kappa shape index (κ2) is 11.5. The van der Waals surface area contributed by atoms with Gasteiger partial charge in [-0.3, -0.25) is 9.69 Å². The predicted molar refractivity (Wildman–Crippen MR) is 138 cm³/mol. The third-order valence-corrected chi connectivity index (χ3v) is 7.22. The highest BCUT2D eigenvalue weighted by atomic mass is 16.5. The third kappa shape index (κ3) is 6.12. The van der Waals surface area contributed by atoms with E-state index in [2.05, 4.69) is 61.5 Å². The number of hydrogen-bond donors (Lipinski definition) is 3. The Balaban J connectivity index is 1.20. The lowest BCUT2D eigenvalue weighted by atomic mass is 10.00. The number of piperazine rings is 1. The Morgan fingerprint density at radius 2 is 1.89 bits per heavy atom. The fourth-order valence-corrected chi connectivity index (χ4v) is 4.93. The number of β-amino-alcohol motifs (C(OH)–C–C–N with tert-alkyl or cyclic N) is 1. The summed E-state index contributed by atoms with van der Waals surface area (Å²) in [7, 11) is 0. The number of nitrogens with one attached hydrogen (secondary N) is 2. The molecule has 10 nitrogen and oxygen atoms in total. The Bertz CT molecular complexity index is 1040. The van der Waals surface area contributed by atoms with Crippen LogP contribution >= 0.6 is 0 Å². The zero-order valence-electron chi connectivity index (χ0n) is 21.0. The van der Waals surface area contributed by atoms with Crippen molar-refractivity contribution in [1.82, 2.24) is 25.1 Å². The van der Waals surface area contributed by atoms with Gasteiger partial charge in [0.1, 0.15) is 11.5 Å². The topological polar surface area (TPSA) is 106 Å². The molecule has 4 heterocycles. The molecule has 0 unspecified atom stereocenters. The van der Waals surface area contributed by atoms with Crippen molar-refractivity contribution in [3.05, 3.63) is 47.2 Å². The van der Waals surface area contributed by atoms with Gasteiger partial charge in [0.15, 0.2) is 0 Å². The van der Waals surface area contributed by atoms with Gasteiger partial charge in [-0.05, 0) is 24.1 Å². The number of likely N-dealkylation sites (N-methyl/N-ethyl adjacent to an activating group) is 1. The minimum atomic E-state index is -0.660. The van der Waals surface area contributed by atoms with Crippen molar-refractivity contribution in [2.24, 2.45) is 0 Å². The number of hydrogen-bond acceptors (Lipinski definition) is 9. The number of carbonyl (C=O) groups is 1. The normalized spacial score (nSPS) is 19.9. The van der Waals surface area contributed by atoms with Gasteiger partial charge in [0.25, 0.3) is 5.91 Å². The average Bonchev–Trinajstić information content (AvgIpc) is 2.89. The molecule has 0 spiro atoms. The molecule has 0 aliphatic carbocycles. The highest BCUT2D eigenvalue weighted by Gasteiger charge is 2.24. The second-order valence-corrected chi connectivity index (χ2v) is 9.86. The molecule has 2 aromatic rings. The van der Waals surface area contributed by atoms with Gasteiger partial charge >= 0.3 is 0 Å². The SMILES string of the molecule is CCN1CCN(c2nc(NC3COC3)cc(C(=O)NC[C@H](O)CN3CCc4ccccc4C3)n2)CC1. The van der Waals surface area contributed by atoms with Crippen molar-refractivity contribution in [2.75, 3.05) is 75.8 Å². The van der Waals surface area contributed by atoms with E-state index < -0.39 is 6.10 Å². The third-order valence-electron chi connectivity index (χ3n) is 7.22. The van der Waals surface area contributed by atoms with Crippen molar-refractivity contribution in [2.45, 2.75) is 32.0 Å². The van der Waals surface area contributed by atoms with E-state index in [1.54, 1.807) is 6.07 Å². The van der Waals surface area contributed by atoms with Crippen LogP contribution in [0.25, 0.3) is 0 Å². The number of ether oxygens (including phenoxy) is 1. The largest absolute Gasteiger partial charge is 0.390 e. The first-order valence-corrected chi connectivity index (χ1v) is 13.0. The molecule has 1 atom stereocenters. The maximum absolute atomic E-state index is 13.1. The molecule has 2 fully saturated rings. The molecule has 0 saturated carbocycles. The summed E-state index contributed by atoms with van der Waals surface area (Å²) in [6.45, 7) is 10.4. The van der Waals surface area contributed by atoms with Gasteiger partial charge in [0.2, 0.25) is 5.95 Å². The zero-order valence-corrected chi connectivity index (χ0v) is 21.0. The van der Waals surface area contributed by atoms with E-state index in [1.165, 1.54) is 11.1 Å². The highest BCUT2D eigenvalue weighted by molar-refractivity contribution is 5.93. The number of amides is 1. The summed E-state index contributed by atoms with van der Waals surface area (Å²) in [6, 6.07) is 10.3. The van der Waals surface area contributed by atoms with Crippen LogP contribution in [-0.4, -0.2) is 108 Å². The van der Waals surface area contributed by atoms with Gasteiger partial charge in [-0.15, -0.1) is 0 Å². The van der Waals surface area contributed by atoms with Crippen LogP contribution in [0.2, 0.25) is 0 Å². The molecule has 10 heteroatoms. The molecule has 3 aliphatic heterocycles. The van der Waals surface area contributed by atoms with E-state index in [4.69, 9.17) is 9.72 Å². The molecule has 1 amide bonds. The van der Waals surface area contributed by atoms with Gasteiger partial charge in [-0.1, -0.05) is 31.2 Å². The summed E-state index contributed by atoms with van der Waals surface area (Å²) in [5, 5.41) is 16.9. The summed E-state index contributed by atoms with van der Waals surface area (Å²) in [4.78, 5) is 29.1. The van der Waals surface area contributed by atoms with Crippen LogP contribution in [-0.2, 0) is 17.7 Å². The molecule has 1 aromatic carbocycles. The Labute approximate surface area is 212 Å².